The van der Waals surface area contributed by atoms with Crippen LogP contribution in [-0.4, -0.2) is 20.5 Å². The monoisotopic (exact) mass is 395 g/mol. The third-order valence-electron chi connectivity index (χ3n) is 4.78. The lowest BCUT2D eigenvalue weighted by Gasteiger charge is -2.25. The van der Waals surface area contributed by atoms with Gasteiger partial charge in [-0.3, -0.25) is 5.10 Å². The molecular weight excluding hydrogens is 370 g/mol. The number of hydrogen-bond donors (Lipinski definition) is 2. The van der Waals surface area contributed by atoms with Crippen molar-refractivity contribution in [3.63, 3.8) is 0 Å². The highest BCUT2D eigenvalue weighted by Gasteiger charge is 2.23. The highest BCUT2D eigenvalue weighted by molar-refractivity contribution is 6.31. The summed E-state index contributed by atoms with van der Waals surface area (Å²) in [6.07, 6.45) is 6.83. The second-order valence-corrected chi connectivity index (χ2v) is 8.56. The third kappa shape index (κ3) is 4.63. The largest absolute Gasteiger partial charge is 0.507 e. The van der Waals surface area contributed by atoms with Gasteiger partial charge >= 0.3 is 0 Å². The van der Waals surface area contributed by atoms with E-state index >= 15 is 0 Å². The molecule has 146 valence electrons. The Morgan fingerprint density at radius 1 is 1.18 bits per heavy atom. The van der Waals surface area contributed by atoms with E-state index in [0.717, 1.165) is 33.6 Å². The van der Waals surface area contributed by atoms with Gasteiger partial charge in [-0.1, -0.05) is 79.6 Å². The Labute approximate surface area is 170 Å². The number of rotatable bonds is 1. The van der Waals surface area contributed by atoms with Gasteiger partial charge in [-0.25, -0.2) is 0 Å². The summed E-state index contributed by atoms with van der Waals surface area (Å²) >= 11 is 5.96. The number of aromatic nitrogens is 3. The van der Waals surface area contributed by atoms with E-state index in [4.69, 9.17) is 11.6 Å². The Balaban J connectivity index is 0.000000206. The molecule has 1 atom stereocenters. The lowest BCUT2D eigenvalue weighted by molar-refractivity contribution is 0.437. The number of benzene rings is 2. The van der Waals surface area contributed by atoms with Gasteiger partial charge in [0.15, 0.2) is 0 Å². The predicted molar refractivity (Wildman–Crippen MR) is 116 cm³/mol. The van der Waals surface area contributed by atoms with Gasteiger partial charge in [-0.05, 0) is 42.5 Å². The highest BCUT2D eigenvalue weighted by atomic mass is 35.5. The molecule has 5 heteroatoms. The maximum Gasteiger partial charge on any atom is 0.123 e. The summed E-state index contributed by atoms with van der Waals surface area (Å²) in [7, 11) is 0. The van der Waals surface area contributed by atoms with Crippen LogP contribution >= 0.6 is 11.6 Å². The van der Waals surface area contributed by atoms with Crippen molar-refractivity contribution in [1.82, 2.24) is 15.4 Å². The van der Waals surface area contributed by atoms with Crippen LogP contribution in [0.2, 0.25) is 0 Å². The summed E-state index contributed by atoms with van der Waals surface area (Å²) in [4.78, 5) is 0. The van der Waals surface area contributed by atoms with Gasteiger partial charge in [0.1, 0.15) is 11.3 Å². The van der Waals surface area contributed by atoms with Crippen molar-refractivity contribution in [2.24, 2.45) is 0 Å². The van der Waals surface area contributed by atoms with Gasteiger partial charge in [0.05, 0.1) is 5.52 Å². The zero-order chi connectivity index (χ0) is 20.3. The van der Waals surface area contributed by atoms with Crippen LogP contribution in [0.5, 0.6) is 5.75 Å². The Bertz CT molecular complexity index is 998. The topological polar surface area (TPSA) is 61.8 Å². The van der Waals surface area contributed by atoms with E-state index in [9.17, 15) is 5.11 Å². The minimum Gasteiger partial charge on any atom is -0.507 e. The van der Waals surface area contributed by atoms with Gasteiger partial charge in [-0.2, -0.15) is 0 Å². The summed E-state index contributed by atoms with van der Waals surface area (Å²) in [5.74, 6) is 0.641. The first-order valence-corrected chi connectivity index (χ1v) is 9.77. The molecule has 0 aliphatic heterocycles. The predicted octanol–water partition coefficient (Wildman–Crippen LogP) is 6.12. The normalized spacial score (nSPS) is 16.5. The Hall–Kier alpha value is -2.59. The number of phenolic OH excluding ortho intramolecular Hbond substituents is 1. The number of phenols is 1. The molecule has 4 rings (SSSR count). The summed E-state index contributed by atoms with van der Waals surface area (Å²) in [6.45, 7) is 8.45. The van der Waals surface area contributed by atoms with Crippen LogP contribution in [0, 0.1) is 6.92 Å². The number of H-pyrrole nitrogens is 1. The molecule has 0 amide bonds. The molecule has 1 aliphatic carbocycles. The van der Waals surface area contributed by atoms with Gasteiger partial charge in [-0.15, -0.1) is 5.10 Å². The molecule has 0 saturated heterocycles. The van der Waals surface area contributed by atoms with Crippen LogP contribution in [0.15, 0.2) is 59.7 Å². The fourth-order valence-corrected chi connectivity index (χ4v) is 3.44. The summed E-state index contributed by atoms with van der Waals surface area (Å²) in [5, 5.41) is 21.6. The Morgan fingerprint density at radius 2 is 1.93 bits per heavy atom. The average Bonchev–Trinajstić information content (AvgIpc) is 3.12. The van der Waals surface area contributed by atoms with Crippen LogP contribution in [0.1, 0.15) is 49.8 Å². The number of aromatic amines is 1. The zero-order valence-corrected chi connectivity index (χ0v) is 17.5. The van der Waals surface area contributed by atoms with E-state index in [1.807, 2.05) is 36.4 Å². The third-order valence-corrected chi connectivity index (χ3v) is 5.06. The summed E-state index contributed by atoms with van der Waals surface area (Å²) in [5.41, 5.74) is 5.04. The molecule has 0 spiro atoms. The number of aromatic hydroxyl groups is 1. The highest BCUT2D eigenvalue weighted by Crippen LogP contribution is 2.40. The molecular formula is C23H26ClN3O. The molecule has 2 N–H and O–H groups in total. The van der Waals surface area contributed by atoms with Crippen molar-refractivity contribution >= 4 is 22.6 Å². The second kappa shape index (κ2) is 8.19. The first-order chi connectivity index (χ1) is 13.3. The molecule has 1 unspecified atom stereocenters. The van der Waals surface area contributed by atoms with E-state index in [-0.39, 0.29) is 11.3 Å². The van der Waals surface area contributed by atoms with Gasteiger partial charge in [0.25, 0.3) is 0 Å². The molecule has 1 heterocycles. The molecule has 0 saturated carbocycles. The lowest BCUT2D eigenvalue weighted by atomic mass is 9.81. The van der Waals surface area contributed by atoms with Crippen molar-refractivity contribution in [3.8, 4) is 5.75 Å². The molecule has 2 aromatic carbocycles. The Kier molecular flexibility index (Phi) is 5.90. The molecule has 3 aromatic rings. The van der Waals surface area contributed by atoms with Crippen LogP contribution in [-0.2, 0) is 5.41 Å². The maximum atomic E-state index is 10.6. The van der Waals surface area contributed by atoms with E-state index in [1.165, 1.54) is 5.56 Å². The Morgan fingerprint density at radius 3 is 2.57 bits per heavy atom. The molecule has 0 radical (unpaired) electrons. The number of halogens is 1. The van der Waals surface area contributed by atoms with Crippen molar-refractivity contribution in [2.45, 2.75) is 45.4 Å². The van der Waals surface area contributed by atoms with Crippen molar-refractivity contribution in [2.75, 3.05) is 0 Å². The number of nitrogens with one attached hydrogen (secondary N) is 1. The fraction of sp³-hybridized carbons (Fsp3) is 0.304. The number of allylic oxidation sites excluding steroid dienone is 4. The molecule has 0 fully saturated rings. The quantitative estimate of drug-likeness (QED) is 0.521. The van der Waals surface area contributed by atoms with E-state index < -0.39 is 0 Å². The average molecular weight is 396 g/mol. The number of nitrogens with zero attached hydrogens (tertiary/aromatic N) is 2. The SMILES string of the molecule is Cc1cc(C2C=CC(Cl)=CC2)c(O)c(C(C)(C)C)c1.c1ccc2[nH]nnc2c1. The fourth-order valence-electron chi connectivity index (χ4n) is 3.27. The zero-order valence-electron chi connectivity index (χ0n) is 16.7. The summed E-state index contributed by atoms with van der Waals surface area (Å²) in [6, 6.07) is 11.9. The van der Waals surface area contributed by atoms with Crippen molar-refractivity contribution < 1.29 is 5.11 Å². The number of hydrogen-bond acceptors (Lipinski definition) is 3. The first kappa shape index (κ1) is 20.2. The van der Waals surface area contributed by atoms with Gasteiger partial charge in [0, 0.05) is 16.5 Å². The molecule has 4 nitrogen and oxygen atoms in total. The summed E-state index contributed by atoms with van der Waals surface area (Å²) < 4.78 is 0. The van der Waals surface area contributed by atoms with Crippen LogP contribution in [0.25, 0.3) is 11.0 Å². The molecule has 0 bridgehead atoms. The standard InChI is InChI=1S/C17H21ClO.C6H5N3/c1-11-9-14(12-5-7-13(18)8-6-12)16(19)15(10-11)17(2,3)4;1-2-4-6-5(3-1)7-9-8-6/h5,7-10,12,19H,6H2,1-4H3;1-4H,(H,7,8,9). The first-order valence-electron chi connectivity index (χ1n) is 9.39. The van der Waals surface area contributed by atoms with Crippen LogP contribution in [0.3, 0.4) is 0 Å². The second-order valence-electron chi connectivity index (χ2n) is 8.12. The number of para-hydroxylation sites is 1. The van der Waals surface area contributed by atoms with Crippen LogP contribution in [0.4, 0.5) is 0 Å². The van der Waals surface area contributed by atoms with E-state index in [2.05, 4.69) is 61.3 Å². The van der Waals surface area contributed by atoms with Gasteiger partial charge in [0.2, 0.25) is 0 Å². The molecule has 28 heavy (non-hydrogen) atoms. The lowest BCUT2D eigenvalue weighted by Crippen LogP contribution is -2.13. The number of fused-ring (bicyclic) bond motifs is 1. The van der Waals surface area contributed by atoms with Gasteiger partial charge < -0.3 is 5.11 Å². The minimum absolute atomic E-state index is 0.0588. The maximum absolute atomic E-state index is 10.6. The van der Waals surface area contributed by atoms with Crippen molar-refractivity contribution in [1.29, 1.82) is 0 Å². The smallest absolute Gasteiger partial charge is 0.123 e. The molecule has 1 aromatic heterocycles. The van der Waals surface area contributed by atoms with Crippen molar-refractivity contribution in [3.05, 3.63) is 76.3 Å². The number of aryl methyl sites for hydroxylation is 1. The van der Waals surface area contributed by atoms with Crippen LogP contribution < -0.4 is 0 Å². The minimum atomic E-state index is -0.0588. The van der Waals surface area contributed by atoms with E-state index in [0.29, 0.717) is 5.75 Å². The molecule has 1 aliphatic rings. The van der Waals surface area contributed by atoms with E-state index in [1.54, 1.807) is 0 Å².